The molecule has 0 radical (unpaired) electrons. The lowest BCUT2D eigenvalue weighted by molar-refractivity contribution is -0.140. The van der Waals surface area contributed by atoms with Crippen LogP contribution in [0.2, 0.25) is 0 Å². The SMILES string of the molecule is CCc1ccc(C(O)c2cc(Br)cc(C(F)(F)F)c2F)cc1. The van der Waals surface area contributed by atoms with E-state index in [1.807, 2.05) is 6.92 Å². The molecular weight excluding hydrogens is 364 g/mol. The number of hydrogen-bond donors (Lipinski definition) is 1. The first-order chi connectivity index (χ1) is 10.2. The Hall–Kier alpha value is -1.40. The van der Waals surface area contributed by atoms with Crippen molar-refractivity contribution in [2.75, 3.05) is 0 Å². The van der Waals surface area contributed by atoms with Gasteiger partial charge in [0.05, 0.1) is 5.56 Å². The van der Waals surface area contributed by atoms with Crippen molar-refractivity contribution in [3.05, 3.63) is 68.9 Å². The second-order valence-corrected chi connectivity index (χ2v) is 5.77. The lowest BCUT2D eigenvalue weighted by Crippen LogP contribution is -2.12. The van der Waals surface area contributed by atoms with Gasteiger partial charge in [-0.3, -0.25) is 0 Å². The van der Waals surface area contributed by atoms with Crippen LogP contribution in [0.1, 0.15) is 35.3 Å². The summed E-state index contributed by atoms with van der Waals surface area (Å²) in [5.41, 5.74) is -0.462. The molecule has 1 nitrogen and oxygen atoms in total. The molecule has 1 atom stereocenters. The van der Waals surface area contributed by atoms with E-state index in [1.54, 1.807) is 24.3 Å². The molecule has 22 heavy (non-hydrogen) atoms. The molecule has 6 heteroatoms. The van der Waals surface area contributed by atoms with E-state index >= 15 is 0 Å². The van der Waals surface area contributed by atoms with Crippen LogP contribution in [0.15, 0.2) is 40.9 Å². The zero-order valence-electron chi connectivity index (χ0n) is 11.6. The van der Waals surface area contributed by atoms with Gasteiger partial charge in [0, 0.05) is 10.0 Å². The minimum atomic E-state index is -4.82. The fourth-order valence-electron chi connectivity index (χ4n) is 2.13. The van der Waals surface area contributed by atoms with Crippen LogP contribution in [0.4, 0.5) is 17.6 Å². The number of hydrogen-bond acceptors (Lipinski definition) is 1. The van der Waals surface area contributed by atoms with Crippen LogP contribution < -0.4 is 0 Å². The largest absolute Gasteiger partial charge is 0.419 e. The smallest absolute Gasteiger partial charge is 0.384 e. The molecule has 1 unspecified atom stereocenters. The summed E-state index contributed by atoms with van der Waals surface area (Å²) in [6, 6.07) is 8.47. The minimum Gasteiger partial charge on any atom is -0.384 e. The summed E-state index contributed by atoms with van der Waals surface area (Å²) in [6.07, 6.45) is -5.50. The molecule has 0 aliphatic heterocycles. The first-order valence-electron chi connectivity index (χ1n) is 6.57. The molecule has 0 heterocycles. The maximum atomic E-state index is 14.1. The molecule has 2 aromatic carbocycles. The van der Waals surface area contributed by atoms with Crippen LogP contribution in [-0.4, -0.2) is 5.11 Å². The molecular formula is C16H13BrF4O. The van der Waals surface area contributed by atoms with Crippen molar-refractivity contribution < 1.29 is 22.7 Å². The number of alkyl halides is 3. The van der Waals surface area contributed by atoms with E-state index in [9.17, 15) is 22.7 Å². The van der Waals surface area contributed by atoms with E-state index in [0.29, 0.717) is 11.6 Å². The number of aliphatic hydroxyl groups is 1. The van der Waals surface area contributed by atoms with Crippen molar-refractivity contribution in [3.63, 3.8) is 0 Å². The van der Waals surface area contributed by atoms with Crippen LogP contribution in [0.5, 0.6) is 0 Å². The monoisotopic (exact) mass is 376 g/mol. The van der Waals surface area contributed by atoms with Gasteiger partial charge < -0.3 is 5.11 Å². The van der Waals surface area contributed by atoms with E-state index in [1.165, 1.54) is 0 Å². The Labute approximate surface area is 133 Å². The molecule has 0 fully saturated rings. The summed E-state index contributed by atoms with van der Waals surface area (Å²) in [4.78, 5) is 0. The maximum absolute atomic E-state index is 14.1. The van der Waals surface area contributed by atoms with Crippen molar-refractivity contribution in [2.45, 2.75) is 25.6 Å². The molecule has 0 amide bonds. The van der Waals surface area contributed by atoms with Gasteiger partial charge in [0.2, 0.25) is 0 Å². The van der Waals surface area contributed by atoms with Crippen LogP contribution in [-0.2, 0) is 12.6 Å². The van der Waals surface area contributed by atoms with Gasteiger partial charge in [0.1, 0.15) is 11.9 Å². The van der Waals surface area contributed by atoms with E-state index in [0.717, 1.165) is 18.1 Å². The predicted molar refractivity (Wildman–Crippen MR) is 79.0 cm³/mol. The normalized spacial score (nSPS) is 13.2. The zero-order valence-corrected chi connectivity index (χ0v) is 13.2. The van der Waals surface area contributed by atoms with Gasteiger partial charge in [-0.15, -0.1) is 0 Å². The van der Waals surface area contributed by atoms with Crippen molar-refractivity contribution >= 4 is 15.9 Å². The summed E-state index contributed by atoms with van der Waals surface area (Å²) in [5.74, 6) is -1.46. The first-order valence-corrected chi connectivity index (χ1v) is 7.36. The Morgan fingerprint density at radius 2 is 1.73 bits per heavy atom. The Kier molecular flexibility index (Phi) is 4.92. The summed E-state index contributed by atoms with van der Waals surface area (Å²) in [5, 5.41) is 10.2. The lowest BCUT2D eigenvalue weighted by atomic mass is 9.97. The van der Waals surface area contributed by atoms with Gasteiger partial charge in [0.25, 0.3) is 0 Å². The number of benzene rings is 2. The van der Waals surface area contributed by atoms with Crippen LogP contribution in [0.25, 0.3) is 0 Å². The van der Waals surface area contributed by atoms with Crippen molar-refractivity contribution in [3.8, 4) is 0 Å². The molecule has 0 aliphatic rings. The Bertz CT molecular complexity index is 665. The van der Waals surface area contributed by atoms with E-state index in [4.69, 9.17) is 0 Å². The lowest BCUT2D eigenvalue weighted by Gasteiger charge is -2.17. The van der Waals surface area contributed by atoms with Gasteiger partial charge in [-0.2, -0.15) is 13.2 Å². The highest BCUT2D eigenvalue weighted by molar-refractivity contribution is 9.10. The summed E-state index contributed by atoms with van der Waals surface area (Å²) in [6.45, 7) is 1.95. The van der Waals surface area contributed by atoms with Gasteiger partial charge in [-0.05, 0) is 29.7 Å². The molecule has 0 bridgehead atoms. The van der Waals surface area contributed by atoms with Gasteiger partial charge in [-0.25, -0.2) is 4.39 Å². The maximum Gasteiger partial charge on any atom is 0.419 e. The molecule has 1 N–H and O–H groups in total. The predicted octanol–water partition coefficient (Wildman–Crippen LogP) is 5.25. The number of aryl methyl sites for hydroxylation is 1. The fourth-order valence-corrected chi connectivity index (χ4v) is 2.61. The molecule has 0 aromatic heterocycles. The second-order valence-electron chi connectivity index (χ2n) is 4.85. The molecule has 2 rings (SSSR count). The third kappa shape index (κ3) is 3.50. The van der Waals surface area contributed by atoms with Crippen LogP contribution in [0.3, 0.4) is 0 Å². The van der Waals surface area contributed by atoms with E-state index in [-0.39, 0.29) is 4.47 Å². The molecule has 0 spiro atoms. The highest BCUT2D eigenvalue weighted by atomic mass is 79.9. The van der Waals surface area contributed by atoms with Crippen molar-refractivity contribution in [2.24, 2.45) is 0 Å². The molecule has 0 aliphatic carbocycles. The van der Waals surface area contributed by atoms with E-state index < -0.39 is 29.2 Å². The summed E-state index contributed by atoms with van der Waals surface area (Å²) < 4.78 is 52.7. The number of halogens is 5. The Balaban J connectivity index is 2.49. The molecule has 0 saturated heterocycles. The number of aliphatic hydroxyl groups excluding tert-OH is 1. The average molecular weight is 377 g/mol. The van der Waals surface area contributed by atoms with Crippen molar-refractivity contribution in [1.29, 1.82) is 0 Å². The molecule has 118 valence electrons. The standard InChI is InChI=1S/C16H13BrF4O/c1-2-9-3-5-10(6-4-9)15(22)12-7-11(17)8-13(14(12)18)16(19,20)21/h3-8,15,22H,2H2,1H3. The summed E-state index contributed by atoms with van der Waals surface area (Å²) >= 11 is 2.93. The highest BCUT2D eigenvalue weighted by Crippen LogP contribution is 2.37. The van der Waals surface area contributed by atoms with Gasteiger partial charge >= 0.3 is 6.18 Å². The quantitative estimate of drug-likeness (QED) is 0.725. The fraction of sp³-hybridized carbons (Fsp3) is 0.250. The van der Waals surface area contributed by atoms with Crippen LogP contribution >= 0.6 is 15.9 Å². The Morgan fingerprint density at radius 1 is 1.14 bits per heavy atom. The Morgan fingerprint density at radius 3 is 2.23 bits per heavy atom. The second kappa shape index (κ2) is 6.38. The van der Waals surface area contributed by atoms with Crippen LogP contribution in [0, 0.1) is 5.82 Å². The molecule has 0 saturated carbocycles. The minimum absolute atomic E-state index is 0.0560. The topological polar surface area (TPSA) is 20.2 Å². The van der Waals surface area contributed by atoms with Gasteiger partial charge in [-0.1, -0.05) is 47.1 Å². The molecule has 2 aromatic rings. The number of rotatable bonds is 3. The third-order valence-electron chi connectivity index (χ3n) is 3.37. The van der Waals surface area contributed by atoms with E-state index in [2.05, 4.69) is 15.9 Å². The average Bonchev–Trinajstić information content (AvgIpc) is 2.47. The highest BCUT2D eigenvalue weighted by Gasteiger charge is 2.36. The zero-order chi connectivity index (χ0) is 16.5. The van der Waals surface area contributed by atoms with Gasteiger partial charge in [0.15, 0.2) is 0 Å². The van der Waals surface area contributed by atoms with Crippen molar-refractivity contribution in [1.82, 2.24) is 0 Å². The first kappa shape index (κ1) is 17.0. The summed E-state index contributed by atoms with van der Waals surface area (Å²) in [7, 11) is 0. The third-order valence-corrected chi connectivity index (χ3v) is 3.83.